The highest BCUT2D eigenvalue weighted by atomic mass is 35.5. The van der Waals surface area contributed by atoms with Crippen molar-refractivity contribution in [3.8, 4) is 0 Å². The standard InChI is InChI=1S/C15H20ClNO3S/c1-3-17(11-15(19)20-4-2)14(18)9-10-21-13-7-5-12(16)6-8-13/h5-8H,3-4,9-11H2,1-2H3. The third-order valence-electron chi connectivity index (χ3n) is 2.76. The Bertz CT molecular complexity index is 464. The maximum atomic E-state index is 12.0. The largest absolute Gasteiger partial charge is 0.465 e. The number of esters is 1. The maximum absolute atomic E-state index is 12.0. The Morgan fingerprint density at radius 2 is 1.90 bits per heavy atom. The van der Waals surface area contributed by atoms with Gasteiger partial charge in [0, 0.05) is 28.6 Å². The summed E-state index contributed by atoms with van der Waals surface area (Å²) in [5, 5.41) is 0.696. The molecular weight excluding hydrogens is 310 g/mol. The zero-order chi connectivity index (χ0) is 15.7. The SMILES string of the molecule is CCOC(=O)CN(CC)C(=O)CCSc1ccc(Cl)cc1. The van der Waals surface area contributed by atoms with E-state index in [4.69, 9.17) is 16.3 Å². The summed E-state index contributed by atoms with van der Waals surface area (Å²) in [6.07, 6.45) is 0.389. The summed E-state index contributed by atoms with van der Waals surface area (Å²) in [5.41, 5.74) is 0. The molecule has 0 spiro atoms. The predicted octanol–water partition coefficient (Wildman–Crippen LogP) is 3.23. The molecule has 0 heterocycles. The number of thioether (sulfide) groups is 1. The van der Waals surface area contributed by atoms with Gasteiger partial charge in [0.2, 0.25) is 5.91 Å². The van der Waals surface area contributed by atoms with Gasteiger partial charge in [-0.15, -0.1) is 11.8 Å². The number of ether oxygens (including phenoxy) is 1. The second-order valence-electron chi connectivity index (χ2n) is 4.27. The molecule has 21 heavy (non-hydrogen) atoms. The lowest BCUT2D eigenvalue weighted by atomic mass is 10.3. The van der Waals surface area contributed by atoms with Crippen molar-refractivity contribution < 1.29 is 14.3 Å². The number of halogens is 1. The average molecular weight is 330 g/mol. The molecule has 0 aromatic heterocycles. The van der Waals surface area contributed by atoms with Gasteiger partial charge in [0.05, 0.1) is 6.61 Å². The lowest BCUT2D eigenvalue weighted by molar-refractivity contribution is -0.148. The number of nitrogens with zero attached hydrogens (tertiary/aromatic N) is 1. The van der Waals surface area contributed by atoms with Crippen LogP contribution >= 0.6 is 23.4 Å². The van der Waals surface area contributed by atoms with Gasteiger partial charge in [-0.25, -0.2) is 0 Å². The van der Waals surface area contributed by atoms with Gasteiger partial charge < -0.3 is 9.64 Å². The van der Waals surface area contributed by atoms with Crippen molar-refractivity contribution in [3.05, 3.63) is 29.3 Å². The molecule has 0 saturated carbocycles. The van der Waals surface area contributed by atoms with E-state index < -0.39 is 0 Å². The van der Waals surface area contributed by atoms with Crippen molar-refractivity contribution in [1.82, 2.24) is 4.90 Å². The number of hydrogen-bond donors (Lipinski definition) is 0. The first-order valence-electron chi connectivity index (χ1n) is 6.88. The topological polar surface area (TPSA) is 46.6 Å². The van der Waals surface area contributed by atoms with Crippen LogP contribution < -0.4 is 0 Å². The lowest BCUT2D eigenvalue weighted by Crippen LogP contribution is -2.36. The zero-order valence-corrected chi connectivity index (χ0v) is 13.9. The van der Waals surface area contributed by atoms with Crippen LogP contribution in [0, 0.1) is 0 Å². The molecule has 6 heteroatoms. The molecule has 0 atom stereocenters. The lowest BCUT2D eigenvalue weighted by Gasteiger charge is -2.19. The first kappa shape index (κ1) is 17.9. The summed E-state index contributed by atoms with van der Waals surface area (Å²) in [6, 6.07) is 7.50. The number of amides is 1. The number of rotatable bonds is 8. The number of carbonyl (C=O) groups is 2. The molecule has 0 bridgehead atoms. The molecule has 0 unspecified atom stereocenters. The molecule has 0 N–H and O–H groups in total. The zero-order valence-electron chi connectivity index (χ0n) is 12.3. The predicted molar refractivity (Wildman–Crippen MR) is 85.7 cm³/mol. The smallest absolute Gasteiger partial charge is 0.325 e. The Labute approximate surface area is 134 Å². The molecule has 0 aliphatic heterocycles. The van der Waals surface area contributed by atoms with E-state index in [-0.39, 0.29) is 18.4 Å². The van der Waals surface area contributed by atoms with Crippen LogP contribution in [-0.2, 0) is 14.3 Å². The highest BCUT2D eigenvalue weighted by Crippen LogP contribution is 2.21. The summed E-state index contributed by atoms with van der Waals surface area (Å²) in [5.74, 6) is 0.268. The monoisotopic (exact) mass is 329 g/mol. The van der Waals surface area contributed by atoms with Crippen LogP contribution in [0.5, 0.6) is 0 Å². The van der Waals surface area contributed by atoms with E-state index in [1.165, 1.54) is 4.90 Å². The molecule has 0 radical (unpaired) electrons. The van der Waals surface area contributed by atoms with E-state index in [0.29, 0.717) is 30.3 Å². The summed E-state index contributed by atoms with van der Waals surface area (Å²) < 4.78 is 4.86. The summed E-state index contributed by atoms with van der Waals surface area (Å²) in [4.78, 5) is 26.0. The minimum Gasteiger partial charge on any atom is -0.465 e. The van der Waals surface area contributed by atoms with Crippen LogP contribution in [0.15, 0.2) is 29.2 Å². The van der Waals surface area contributed by atoms with Crippen molar-refractivity contribution in [2.45, 2.75) is 25.2 Å². The van der Waals surface area contributed by atoms with Gasteiger partial charge in [-0.3, -0.25) is 9.59 Å². The van der Waals surface area contributed by atoms with E-state index in [2.05, 4.69) is 0 Å². The van der Waals surface area contributed by atoms with Gasteiger partial charge in [-0.1, -0.05) is 11.6 Å². The van der Waals surface area contributed by atoms with E-state index in [0.717, 1.165) is 4.90 Å². The maximum Gasteiger partial charge on any atom is 0.325 e. The summed E-state index contributed by atoms with van der Waals surface area (Å²) in [7, 11) is 0. The number of hydrogen-bond acceptors (Lipinski definition) is 4. The van der Waals surface area contributed by atoms with Gasteiger partial charge in [0.1, 0.15) is 6.54 Å². The van der Waals surface area contributed by atoms with Gasteiger partial charge in [-0.2, -0.15) is 0 Å². The molecule has 0 aliphatic carbocycles. The molecule has 1 aromatic rings. The third kappa shape index (κ3) is 6.87. The van der Waals surface area contributed by atoms with Crippen LogP contribution in [0.1, 0.15) is 20.3 Å². The van der Waals surface area contributed by atoms with Crippen molar-refractivity contribution >= 4 is 35.2 Å². The Morgan fingerprint density at radius 3 is 2.48 bits per heavy atom. The Balaban J connectivity index is 2.36. The second kappa shape index (κ2) is 9.68. The molecule has 0 saturated heterocycles. The summed E-state index contributed by atoms with van der Waals surface area (Å²) in [6.45, 7) is 4.46. The fourth-order valence-electron chi connectivity index (χ4n) is 1.68. The molecule has 1 aromatic carbocycles. The normalized spacial score (nSPS) is 10.2. The van der Waals surface area contributed by atoms with Gasteiger partial charge >= 0.3 is 5.97 Å². The van der Waals surface area contributed by atoms with E-state index >= 15 is 0 Å². The average Bonchev–Trinajstić information content (AvgIpc) is 2.47. The van der Waals surface area contributed by atoms with Crippen molar-refractivity contribution in [3.63, 3.8) is 0 Å². The van der Waals surface area contributed by atoms with Gasteiger partial charge in [0.15, 0.2) is 0 Å². The molecule has 1 rings (SSSR count). The van der Waals surface area contributed by atoms with Crippen LogP contribution in [0.4, 0.5) is 0 Å². The molecule has 4 nitrogen and oxygen atoms in total. The molecular formula is C15H20ClNO3S. The summed E-state index contributed by atoms with van der Waals surface area (Å²) >= 11 is 7.41. The minimum atomic E-state index is -0.363. The Kier molecular flexibility index (Phi) is 8.23. The highest BCUT2D eigenvalue weighted by Gasteiger charge is 2.15. The van der Waals surface area contributed by atoms with Crippen molar-refractivity contribution in [1.29, 1.82) is 0 Å². The Morgan fingerprint density at radius 1 is 1.24 bits per heavy atom. The Hall–Kier alpha value is -1.20. The van der Waals surface area contributed by atoms with E-state index in [1.54, 1.807) is 18.7 Å². The second-order valence-corrected chi connectivity index (χ2v) is 5.87. The van der Waals surface area contributed by atoms with Crippen molar-refractivity contribution in [2.75, 3.05) is 25.4 Å². The first-order valence-corrected chi connectivity index (χ1v) is 8.25. The number of carbonyl (C=O) groups excluding carboxylic acids is 2. The first-order chi connectivity index (χ1) is 10.1. The molecule has 0 fully saturated rings. The van der Waals surface area contributed by atoms with E-state index in [9.17, 15) is 9.59 Å². The van der Waals surface area contributed by atoms with Crippen LogP contribution in [-0.4, -0.2) is 42.2 Å². The number of likely N-dealkylation sites (N-methyl/N-ethyl adjacent to an activating group) is 1. The molecule has 116 valence electrons. The molecule has 1 amide bonds. The van der Waals surface area contributed by atoms with Gasteiger partial charge in [0.25, 0.3) is 0 Å². The highest BCUT2D eigenvalue weighted by molar-refractivity contribution is 7.99. The van der Waals surface area contributed by atoms with Crippen LogP contribution in [0.25, 0.3) is 0 Å². The number of benzene rings is 1. The van der Waals surface area contributed by atoms with E-state index in [1.807, 2.05) is 31.2 Å². The molecule has 0 aliphatic rings. The fourth-order valence-corrected chi connectivity index (χ4v) is 2.65. The fraction of sp³-hybridized carbons (Fsp3) is 0.467. The minimum absolute atomic E-state index is 0.0226. The van der Waals surface area contributed by atoms with Crippen LogP contribution in [0.3, 0.4) is 0 Å². The van der Waals surface area contributed by atoms with Crippen LogP contribution in [0.2, 0.25) is 5.02 Å². The van der Waals surface area contributed by atoms with Crippen molar-refractivity contribution in [2.24, 2.45) is 0 Å². The van der Waals surface area contributed by atoms with Gasteiger partial charge in [-0.05, 0) is 38.1 Å². The quantitative estimate of drug-likeness (QED) is 0.542. The third-order valence-corrected chi connectivity index (χ3v) is 4.02.